The molecule has 0 aliphatic carbocycles. The molecule has 6 aliphatic rings. The van der Waals surface area contributed by atoms with Crippen LogP contribution >= 0.6 is 0 Å². The van der Waals surface area contributed by atoms with E-state index in [1.165, 1.54) is 12.1 Å². The SMILES string of the molecule is O=C(N[C@@H](C(=O)O)[C@H]1CN2CCC1CC2)c1cc(OCc2ccccc2)c(C(=O)N[C@@H](C(=O)O)[C@H]2CN3CCC2CC3)cc1OCc1ccccc1. The Balaban J connectivity index is 1.23. The molecule has 52 heavy (non-hydrogen) atoms. The summed E-state index contributed by atoms with van der Waals surface area (Å²) in [6.07, 6.45) is 3.53. The Morgan fingerprint density at radius 2 is 0.981 bits per heavy atom. The van der Waals surface area contributed by atoms with Crippen LogP contribution in [-0.2, 0) is 22.8 Å². The molecule has 6 heterocycles. The number of carboxylic acid groups (broad SMARTS) is 2. The maximum absolute atomic E-state index is 14.2. The molecule has 0 unspecified atom stereocenters. The molecule has 6 aliphatic heterocycles. The molecule has 4 N–H and O–H groups in total. The van der Waals surface area contributed by atoms with E-state index in [9.17, 15) is 29.4 Å². The molecule has 12 nitrogen and oxygen atoms in total. The molecule has 4 atom stereocenters. The average Bonchev–Trinajstić information content (AvgIpc) is 3.18. The minimum absolute atomic E-state index is 0.00948. The number of carbonyl (C=O) groups excluding carboxylic acids is 2. The van der Waals surface area contributed by atoms with Crippen LogP contribution in [0.3, 0.4) is 0 Å². The number of hydrogen-bond acceptors (Lipinski definition) is 8. The molecular weight excluding hydrogens is 664 g/mol. The number of piperidine rings is 6. The van der Waals surface area contributed by atoms with Gasteiger partial charge in [0.15, 0.2) is 0 Å². The standard InChI is InChI=1S/C40H46N4O8/c45-37(41-35(39(47)48)31-21-43-15-11-27(31)12-16-43)29-20-34(52-24-26-9-5-2-6-10-26)30(19-33(29)51-23-25-7-3-1-4-8-25)38(46)42-36(40(49)50)32-22-44-17-13-28(32)14-18-44/h1-10,19-20,27-28,31-32,35-36H,11-18,21-24H2,(H,41,45)(H,42,46)(H,47,48)(H,49,50)/t31-,32-,35+,36+/m0/s1. The molecule has 4 bridgehead atoms. The fraction of sp³-hybridized carbons (Fsp3) is 0.450. The number of hydrogen-bond donors (Lipinski definition) is 4. The van der Waals surface area contributed by atoms with Crippen LogP contribution in [0.2, 0.25) is 0 Å². The summed E-state index contributed by atoms with van der Waals surface area (Å²) in [4.78, 5) is 58.2. The first-order chi connectivity index (χ1) is 25.2. The van der Waals surface area contributed by atoms with Gasteiger partial charge in [0, 0.05) is 24.9 Å². The lowest BCUT2D eigenvalue weighted by Gasteiger charge is -2.46. The van der Waals surface area contributed by atoms with Crippen LogP contribution < -0.4 is 20.1 Å². The number of carbonyl (C=O) groups is 4. The number of carboxylic acids is 2. The van der Waals surface area contributed by atoms with Gasteiger partial charge in [0.2, 0.25) is 0 Å². The minimum atomic E-state index is -1.13. The number of nitrogens with one attached hydrogen (secondary N) is 2. The third-order valence-corrected chi connectivity index (χ3v) is 11.4. The Morgan fingerprint density at radius 3 is 1.29 bits per heavy atom. The summed E-state index contributed by atoms with van der Waals surface area (Å²) in [5.74, 6) is -3.59. The van der Waals surface area contributed by atoms with Crippen LogP contribution in [0, 0.1) is 23.7 Å². The van der Waals surface area contributed by atoms with Gasteiger partial charge in [-0.3, -0.25) is 9.59 Å². The van der Waals surface area contributed by atoms with E-state index in [1.807, 2.05) is 60.7 Å². The highest BCUT2D eigenvalue weighted by Gasteiger charge is 2.44. The second kappa shape index (κ2) is 15.7. The third kappa shape index (κ3) is 7.93. The highest BCUT2D eigenvalue weighted by Crippen LogP contribution is 2.37. The molecule has 3 aromatic carbocycles. The van der Waals surface area contributed by atoms with Crippen molar-refractivity contribution >= 4 is 23.8 Å². The monoisotopic (exact) mass is 710 g/mol. The van der Waals surface area contributed by atoms with E-state index in [0.29, 0.717) is 13.1 Å². The first kappa shape index (κ1) is 35.5. The number of nitrogens with zero attached hydrogens (tertiary/aromatic N) is 2. The summed E-state index contributed by atoms with van der Waals surface area (Å²) >= 11 is 0. The molecule has 0 saturated carbocycles. The largest absolute Gasteiger partial charge is 0.488 e. The van der Waals surface area contributed by atoms with Gasteiger partial charge in [0.05, 0.1) is 11.1 Å². The summed E-state index contributed by atoms with van der Waals surface area (Å²) < 4.78 is 12.4. The van der Waals surface area contributed by atoms with E-state index in [1.54, 1.807) is 0 Å². The van der Waals surface area contributed by atoms with Crippen molar-refractivity contribution in [1.82, 2.24) is 20.4 Å². The molecule has 6 fully saturated rings. The van der Waals surface area contributed by atoms with Crippen molar-refractivity contribution in [3.8, 4) is 11.5 Å². The van der Waals surface area contributed by atoms with Gasteiger partial charge in [-0.2, -0.15) is 0 Å². The van der Waals surface area contributed by atoms with Gasteiger partial charge in [0.25, 0.3) is 11.8 Å². The van der Waals surface area contributed by atoms with E-state index in [2.05, 4.69) is 20.4 Å². The maximum atomic E-state index is 14.2. The number of aliphatic carboxylic acids is 2. The van der Waals surface area contributed by atoms with Gasteiger partial charge in [0.1, 0.15) is 36.8 Å². The van der Waals surface area contributed by atoms with Gasteiger partial charge in [-0.05, 0) is 87.0 Å². The lowest BCUT2D eigenvalue weighted by molar-refractivity contribution is -0.143. The van der Waals surface area contributed by atoms with Gasteiger partial charge in [-0.25, -0.2) is 9.59 Å². The molecule has 0 radical (unpaired) electrons. The summed E-state index contributed by atoms with van der Waals surface area (Å²) in [6.45, 7) is 5.00. The van der Waals surface area contributed by atoms with E-state index >= 15 is 0 Å². The highest BCUT2D eigenvalue weighted by molar-refractivity contribution is 6.04. The molecule has 0 aromatic heterocycles. The van der Waals surface area contributed by atoms with Crippen molar-refractivity contribution in [3.05, 3.63) is 95.1 Å². The summed E-state index contributed by atoms with van der Waals surface area (Å²) in [5.41, 5.74) is 1.65. The van der Waals surface area contributed by atoms with Gasteiger partial charge < -0.3 is 40.1 Å². The van der Waals surface area contributed by atoms with Crippen LogP contribution in [0.1, 0.15) is 57.5 Å². The van der Waals surface area contributed by atoms with Crippen molar-refractivity contribution < 1.29 is 38.9 Å². The summed E-state index contributed by atoms with van der Waals surface area (Å²) in [5, 5.41) is 26.3. The zero-order valence-corrected chi connectivity index (χ0v) is 29.1. The number of fused-ring (bicyclic) bond motifs is 6. The number of benzene rings is 3. The summed E-state index contributed by atoms with van der Waals surface area (Å²) in [7, 11) is 0. The van der Waals surface area contributed by atoms with Crippen LogP contribution in [0.5, 0.6) is 11.5 Å². The Kier molecular flexibility index (Phi) is 10.7. The molecule has 9 rings (SSSR count). The fourth-order valence-corrected chi connectivity index (χ4v) is 8.54. The highest BCUT2D eigenvalue weighted by atomic mass is 16.5. The topological polar surface area (TPSA) is 158 Å². The zero-order valence-electron chi connectivity index (χ0n) is 29.1. The van der Waals surface area contributed by atoms with Gasteiger partial charge >= 0.3 is 11.9 Å². The Morgan fingerprint density at radius 1 is 0.615 bits per heavy atom. The van der Waals surface area contributed by atoms with Crippen molar-refractivity contribution in [1.29, 1.82) is 0 Å². The first-order valence-electron chi connectivity index (χ1n) is 18.3. The summed E-state index contributed by atoms with van der Waals surface area (Å²) in [6, 6.07) is 19.2. The van der Waals surface area contributed by atoms with Gasteiger partial charge in [-0.15, -0.1) is 0 Å². The van der Waals surface area contributed by atoms with Crippen molar-refractivity contribution in [3.63, 3.8) is 0 Å². The van der Waals surface area contributed by atoms with E-state index in [0.717, 1.165) is 63.0 Å². The molecule has 0 spiro atoms. The zero-order chi connectivity index (χ0) is 36.2. The van der Waals surface area contributed by atoms with Crippen molar-refractivity contribution in [2.75, 3.05) is 39.3 Å². The smallest absolute Gasteiger partial charge is 0.326 e. The van der Waals surface area contributed by atoms with Crippen LogP contribution in [0.15, 0.2) is 72.8 Å². The second-order valence-electron chi connectivity index (χ2n) is 14.6. The Bertz CT molecular complexity index is 1630. The minimum Gasteiger partial charge on any atom is -0.488 e. The first-order valence-corrected chi connectivity index (χ1v) is 18.3. The van der Waals surface area contributed by atoms with Crippen molar-refractivity contribution in [2.45, 2.75) is 51.0 Å². The molecule has 2 amide bonds. The van der Waals surface area contributed by atoms with Crippen LogP contribution in [0.4, 0.5) is 0 Å². The molecule has 274 valence electrons. The van der Waals surface area contributed by atoms with Crippen molar-refractivity contribution in [2.24, 2.45) is 23.7 Å². The quantitative estimate of drug-likeness (QED) is 0.194. The van der Waals surface area contributed by atoms with Crippen LogP contribution in [0.25, 0.3) is 0 Å². The Hall–Kier alpha value is -4.94. The average molecular weight is 711 g/mol. The lowest BCUT2D eigenvalue weighted by Crippen LogP contribution is -2.58. The number of ether oxygens (including phenoxy) is 2. The van der Waals surface area contributed by atoms with E-state index in [4.69, 9.17) is 9.47 Å². The lowest BCUT2D eigenvalue weighted by atomic mass is 9.75. The Labute approximate surface area is 303 Å². The molecule has 6 saturated heterocycles. The third-order valence-electron chi connectivity index (χ3n) is 11.4. The maximum Gasteiger partial charge on any atom is 0.326 e. The van der Waals surface area contributed by atoms with E-state index in [-0.39, 0.29) is 59.5 Å². The predicted octanol–water partition coefficient (Wildman–Crippen LogP) is 3.89. The molecule has 12 heteroatoms. The second-order valence-corrected chi connectivity index (χ2v) is 14.6. The molecule has 3 aromatic rings. The van der Waals surface area contributed by atoms with E-state index < -0.39 is 35.8 Å². The molecular formula is C40H46N4O8. The van der Waals surface area contributed by atoms with Gasteiger partial charge in [-0.1, -0.05) is 60.7 Å². The van der Waals surface area contributed by atoms with Crippen LogP contribution in [-0.4, -0.2) is 95.1 Å². The predicted molar refractivity (Wildman–Crippen MR) is 191 cm³/mol. The number of rotatable bonds is 14. The normalized spacial score (nSPS) is 25.8. The fourth-order valence-electron chi connectivity index (χ4n) is 8.54. The number of amides is 2.